The lowest BCUT2D eigenvalue weighted by Gasteiger charge is -2.29. The third kappa shape index (κ3) is 5.59. The molecule has 0 unspecified atom stereocenters. The highest BCUT2D eigenvalue weighted by Crippen LogP contribution is 2.23. The molecule has 7 nitrogen and oxygen atoms in total. The van der Waals surface area contributed by atoms with Gasteiger partial charge in [0.25, 0.3) is 0 Å². The zero-order valence-corrected chi connectivity index (χ0v) is 15.4. The SMILES string of the molecule is CCOC(=O)N[C@@H](C(=O)Nc1cc(F)cc(N2CCOCC2)c1)C(C)C. The van der Waals surface area contributed by atoms with Crippen LogP contribution in [0.4, 0.5) is 20.6 Å². The number of rotatable bonds is 6. The molecule has 1 fully saturated rings. The molecule has 1 aromatic rings. The molecular weight excluding hydrogens is 341 g/mol. The fraction of sp³-hybridized carbons (Fsp3) is 0.556. The van der Waals surface area contributed by atoms with E-state index in [-0.39, 0.29) is 12.5 Å². The number of anilines is 2. The molecule has 0 radical (unpaired) electrons. The number of alkyl carbamates (subject to hydrolysis) is 1. The van der Waals surface area contributed by atoms with Gasteiger partial charge in [-0.2, -0.15) is 0 Å². The Morgan fingerprint density at radius 1 is 1.27 bits per heavy atom. The molecule has 0 aromatic heterocycles. The molecule has 144 valence electrons. The summed E-state index contributed by atoms with van der Waals surface area (Å²) < 4.78 is 24.1. The average Bonchev–Trinajstić information content (AvgIpc) is 2.60. The molecule has 1 aliphatic heterocycles. The van der Waals surface area contributed by atoms with Crippen LogP contribution in [0.15, 0.2) is 18.2 Å². The van der Waals surface area contributed by atoms with Crippen molar-refractivity contribution in [1.29, 1.82) is 0 Å². The summed E-state index contributed by atoms with van der Waals surface area (Å²) >= 11 is 0. The van der Waals surface area contributed by atoms with E-state index in [9.17, 15) is 14.0 Å². The van der Waals surface area contributed by atoms with Crippen LogP contribution in [0.5, 0.6) is 0 Å². The van der Waals surface area contributed by atoms with Gasteiger partial charge in [0, 0.05) is 24.5 Å². The maximum atomic E-state index is 14.0. The molecule has 2 N–H and O–H groups in total. The molecule has 1 saturated heterocycles. The van der Waals surface area contributed by atoms with E-state index in [2.05, 4.69) is 10.6 Å². The van der Waals surface area contributed by atoms with Gasteiger partial charge < -0.3 is 25.0 Å². The van der Waals surface area contributed by atoms with Gasteiger partial charge in [0.15, 0.2) is 0 Å². The second-order valence-electron chi connectivity index (χ2n) is 6.37. The summed E-state index contributed by atoms with van der Waals surface area (Å²) in [5, 5.41) is 5.22. The van der Waals surface area contributed by atoms with Gasteiger partial charge in [-0.25, -0.2) is 9.18 Å². The molecule has 0 aliphatic carbocycles. The number of benzene rings is 1. The van der Waals surface area contributed by atoms with Crippen molar-refractivity contribution in [2.45, 2.75) is 26.8 Å². The van der Waals surface area contributed by atoms with Crippen molar-refractivity contribution < 1.29 is 23.5 Å². The van der Waals surface area contributed by atoms with Crippen LogP contribution in [0.1, 0.15) is 20.8 Å². The number of hydrogen-bond donors (Lipinski definition) is 2. The summed E-state index contributed by atoms with van der Waals surface area (Å²) in [5.41, 5.74) is 1.02. The van der Waals surface area contributed by atoms with Crippen LogP contribution in [0.3, 0.4) is 0 Å². The summed E-state index contributed by atoms with van der Waals surface area (Å²) in [6.07, 6.45) is -0.658. The van der Waals surface area contributed by atoms with E-state index < -0.39 is 23.9 Å². The second kappa shape index (κ2) is 9.38. The van der Waals surface area contributed by atoms with Crippen molar-refractivity contribution in [1.82, 2.24) is 5.32 Å². The molecule has 0 spiro atoms. The molecule has 8 heteroatoms. The van der Waals surface area contributed by atoms with Gasteiger partial charge in [-0.05, 0) is 31.0 Å². The van der Waals surface area contributed by atoms with E-state index in [4.69, 9.17) is 9.47 Å². The molecular formula is C18H26FN3O4. The predicted molar refractivity (Wildman–Crippen MR) is 96.8 cm³/mol. The van der Waals surface area contributed by atoms with Crippen molar-refractivity contribution in [3.63, 3.8) is 0 Å². The zero-order valence-electron chi connectivity index (χ0n) is 15.4. The minimum absolute atomic E-state index is 0.160. The number of ether oxygens (including phenoxy) is 2. The van der Waals surface area contributed by atoms with Gasteiger partial charge in [0.2, 0.25) is 5.91 Å². The summed E-state index contributed by atoms with van der Waals surface area (Å²) in [6.45, 7) is 8.00. The summed E-state index contributed by atoms with van der Waals surface area (Å²) in [5.74, 6) is -1.03. The lowest BCUT2D eigenvalue weighted by atomic mass is 10.0. The highest BCUT2D eigenvalue weighted by molar-refractivity contribution is 5.97. The first-order valence-corrected chi connectivity index (χ1v) is 8.78. The van der Waals surface area contributed by atoms with E-state index in [1.165, 1.54) is 12.1 Å². The molecule has 1 heterocycles. The number of carbonyl (C=O) groups is 2. The van der Waals surface area contributed by atoms with Crippen LogP contribution in [0.25, 0.3) is 0 Å². The second-order valence-corrected chi connectivity index (χ2v) is 6.37. The van der Waals surface area contributed by atoms with Gasteiger partial charge >= 0.3 is 6.09 Å². The Hall–Kier alpha value is -2.35. The Kier molecular flexibility index (Phi) is 7.20. The van der Waals surface area contributed by atoms with Gasteiger partial charge in [-0.3, -0.25) is 4.79 Å². The van der Waals surface area contributed by atoms with E-state index in [0.717, 1.165) is 0 Å². The number of morpholine rings is 1. The van der Waals surface area contributed by atoms with E-state index in [1.54, 1.807) is 26.8 Å². The van der Waals surface area contributed by atoms with Gasteiger partial charge in [0.1, 0.15) is 11.9 Å². The Labute approximate surface area is 152 Å². The standard InChI is InChI=1S/C18H26FN3O4/c1-4-26-18(24)21-16(12(2)3)17(23)20-14-9-13(19)10-15(11-14)22-5-7-25-8-6-22/h9-12,16H,4-8H2,1-3H3,(H,20,23)(H,21,24)/t16-/m1/s1. The van der Waals surface area contributed by atoms with Gasteiger partial charge in [-0.15, -0.1) is 0 Å². The molecule has 1 aliphatic rings. The average molecular weight is 367 g/mol. The van der Waals surface area contributed by atoms with E-state index in [1.807, 2.05) is 4.90 Å². The summed E-state index contributed by atoms with van der Waals surface area (Å²) in [7, 11) is 0. The maximum Gasteiger partial charge on any atom is 0.407 e. The van der Waals surface area contributed by atoms with Gasteiger partial charge in [0.05, 0.1) is 19.8 Å². The lowest BCUT2D eigenvalue weighted by Crippen LogP contribution is -2.47. The van der Waals surface area contributed by atoms with Crippen molar-refractivity contribution >= 4 is 23.4 Å². The molecule has 1 aromatic carbocycles. The summed E-state index contributed by atoms with van der Waals surface area (Å²) in [6, 6.07) is 3.61. The van der Waals surface area contributed by atoms with E-state index in [0.29, 0.717) is 37.7 Å². The topological polar surface area (TPSA) is 79.9 Å². The smallest absolute Gasteiger partial charge is 0.407 e. The monoisotopic (exact) mass is 367 g/mol. The van der Waals surface area contributed by atoms with Crippen molar-refractivity contribution in [3.8, 4) is 0 Å². The number of amides is 2. The van der Waals surface area contributed by atoms with Crippen LogP contribution < -0.4 is 15.5 Å². The van der Waals surface area contributed by atoms with Crippen LogP contribution in [0.2, 0.25) is 0 Å². The first-order valence-electron chi connectivity index (χ1n) is 8.78. The molecule has 0 bridgehead atoms. The van der Waals surface area contributed by atoms with Crippen LogP contribution in [-0.2, 0) is 14.3 Å². The normalized spacial score (nSPS) is 15.5. The Morgan fingerprint density at radius 3 is 2.58 bits per heavy atom. The maximum absolute atomic E-state index is 14.0. The minimum Gasteiger partial charge on any atom is -0.450 e. The van der Waals surface area contributed by atoms with Crippen molar-refractivity contribution in [2.75, 3.05) is 43.1 Å². The van der Waals surface area contributed by atoms with E-state index >= 15 is 0 Å². The largest absolute Gasteiger partial charge is 0.450 e. The van der Waals surface area contributed by atoms with Crippen molar-refractivity contribution in [2.24, 2.45) is 5.92 Å². The first-order chi connectivity index (χ1) is 12.4. The molecule has 2 rings (SSSR count). The number of carbonyl (C=O) groups excluding carboxylic acids is 2. The Morgan fingerprint density at radius 2 is 1.96 bits per heavy atom. The fourth-order valence-electron chi connectivity index (χ4n) is 2.71. The minimum atomic E-state index is -0.788. The third-order valence-electron chi connectivity index (χ3n) is 4.02. The van der Waals surface area contributed by atoms with Crippen molar-refractivity contribution in [3.05, 3.63) is 24.0 Å². The molecule has 26 heavy (non-hydrogen) atoms. The fourth-order valence-corrected chi connectivity index (χ4v) is 2.71. The van der Waals surface area contributed by atoms with Crippen LogP contribution >= 0.6 is 0 Å². The highest BCUT2D eigenvalue weighted by atomic mass is 19.1. The molecule has 0 saturated carbocycles. The number of halogens is 1. The molecule has 1 atom stereocenters. The van der Waals surface area contributed by atoms with Gasteiger partial charge in [-0.1, -0.05) is 13.8 Å². The molecule has 2 amide bonds. The number of nitrogens with zero attached hydrogens (tertiary/aromatic N) is 1. The highest BCUT2D eigenvalue weighted by Gasteiger charge is 2.25. The lowest BCUT2D eigenvalue weighted by molar-refractivity contribution is -0.119. The third-order valence-corrected chi connectivity index (χ3v) is 4.02. The Balaban J connectivity index is 2.10. The van der Waals surface area contributed by atoms with Crippen LogP contribution in [0, 0.1) is 11.7 Å². The Bertz CT molecular complexity index is 633. The first kappa shape index (κ1) is 20.0. The number of hydrogen-bond acceptors (Lipinski definition) is 5. The number of nitrogens with one attached hydrogen (secondary N) is 2. The quantitative estimate of drug-likeness (QED) is 0.807. The van der Waals surface area contributed by atoms with Crippen LogP contribution in [-0.4, -0.2) is 51.0 Å². The predicted octanol–water partition coefficient (Wildman–Crippen LogP) is 2.37. The summed E-state index contributed by atoms with van der Waals surface area (Å²) in [4.78, 5) is 26.2. The zero-order chi connectivity index (χ0) is 19.1.